The molecular weight excluding hydrogens is 403 g/mol. The van der Waals surface area contributed by atoms with Gasteiger partial charge in [0, 0.05) is 24.0 Å². The first-order valence-electron chi connectivity index (χ1n) is 11.2. The lowest BCUT2D eigenvalue weighted by molar-refractivity contribution is 0.00578. The minimum absolute atomic E-state index is 0.222. The summed E-state index contributed by atoms with van der Waals surface area (Å²) in [7, 11) is -0.426. The van der Waals surface area contributed by atoms with Gasteiger partial charge in [-0.05, 0) is 64.3 Å². The molecule has 1 aliphatic heterocycles. The van der Waals surface area contributed by atoms with Crippen LogP contribution in [0.25, 0.3) is 16.9 Å². The monoisotopic (exact) mass is 436 g/mol. The van der Waals surface area contributed by atoms with E-state index >= 15 is 0 Å². The summed E-state index contributed by atoms with van der Waals surface area (Å²) in [6.45, 7) is 14.6. The van der Waals surface area contributed by atoms with Crippen LogP contribution in [0, 0.1) is 0 Å². The number of hydrogen-bond donors (Lipinski definition) is 2. The third kappa shape index (κ3) is 4.66. The van der Waals surface area contributed by atoms with Gasteiger partial charge in [-0.3, -0.25) is 4.40 Å². The van der Waals surface area contributed by atoms with Crippen molar-refractivity contribution in [3.8, 4) is 11.3 Å². The highest BCUT2D eigenvalue weighted by Gasteiger charge is 2.51. The van der Waals surface area contributed by atoms with Crippen molar-refractivity contribution in [1.29, 1.82) is 0 Å². The highest BCUT2D eigenvalue weighted by atomic mass is 16.7. The lowest BCUT2D eigenvalue weighted by atomic mass is 9.80. The summed E-state index contributed by atoms with van der Waals surface area (Å²) < 4.78 is 14.3. The number of imidazole rings is 1. The van der Waals surface area contributed by atoms with Crippen molar-refractivity contribution in [2.75, 3.05) is 11.9 Å². The maximum atomic E-state index is 11.8. The van der Waals surface area contributed by atoms with Crippen LogP contribution < -0.4 is 16.1 Å². The number of fused-ring (bicyclic) bond motifs is 1. The Hall–Kier alpha value is -2.84. The fourth-order valence-corrected chi connectivity index (χ4v) is 3.43. The van der Waals surface area contributed by atoms with Gasteiger partial charge in [0.2, 0.25) is 0 Å². The predicted molar refractivity (Wildman–Crippen MR) is 130 cm³/mol. The van der Waals surface area contributed by atoms with Crippen LogP contribution in [0.2, 0.25) is 0 Å². The van der Waals surface area contributed by atoms with Gasteiger partial charge in [-0.1, -0.05) is 26.0 Å². The van der Waals surface area contributed by atoms with Crippen LogP contribution in [0.15, 0.2) is 48.8 Å². The number of pyridine rings is 1. The molecule has 0 atom stereocenters. The molecule has 0 spiro atoms. The number of nitrogens with one attached hydrogen (secondary N) is 2. The van der Waals surface area contributed by atoms with Crippen molar-refractivity contribution >= 4 is 29.9 Å². The molecule has 1 fully saturated rings. The number of aromatic nitrogens is 2. The minimum atomic E-state index is -0.426. The molecule has 7 nitrogen and oxygen atoms in total. The molecule has 32 heavy (non-hydrogen) atoms. The Balaban J connectivity index is 0.00000141. The van der Waals surface area contributed by atoms with E-state index in [-0.39, 0.29) is 17.2 Å². The molecule has 4 rings (SSSR count). The van der Waals surface area contributed by atoms with Crippen LogP contribution in [-0.4, -0.2) is 40.3 Å². The van der Waals surface area contributed by atoms with E-state index in [1.165, 1.54) is 0 Å². The van der Waals surface area contributed by atoms with Gasteiger partial charge in [-0.25, -0.2) is 9.78 Å². The van der Waals surface area contributed by atoms with E-state index in [0.717, 1.165) is 28.1 Å². The highest BCUT2D eigenvalue weighted by Crippen LogP contribution is 2.36. The lowest BCUT2D eigenvalue weighted by Crippen LogP contribution is -2.41. The largest absolute Gasteiger partial charge is 0.495 e. The third-order valence-corrected chi connectivity index (χ3v) is 5.82. The molecule has 0 radical (unpaired) electrons. The maximum Gasteiger partial charge on any atom is 0.495 e. The zero-order chi connectivity index (χ0) is 23.5. The summed E-state index contributed by atoms with van der Waals surface area (Å²) in [6, 6.07) is 11.5. The van der Waals surface area contributed by atoms with Crippen molar-refractivity contribution < 1.29 is 14.1 Å². The van der Waals surface area contributed by atoms with Crippen molar-refractivity contribution in [3.63, 3.8) is 0 Å². The van der Waals surface area contributed by atoms with Gasteiger partial charge in [0.1, 0.15) is 5.65 Å². The summed E-state index contributed by atoms with van der Waals surface area (Å²) in [5.74, 6) is 0. The number of amides is 2. The number of hydrogen-bond acceptors (Lipinski definition) is 4. The standard InChI is InChI=1S/C22H27BN4O3.C2H6/c1-6-24-20(28)26-17-9-7-8-15(12-17)18-14-25-19-13-16(10-11-27(18)19)23-29-21(2,3)22(4,5)30-23;1-2/h7-14H,6H2,1-5H3,(H2,24,26,28);1-2H3. The van der Waals surface area contributed by atoms with Gasteiger partial charge in [-0.15, -0.1) is 0 Å². The lowest BCUT2D eigenvalue weighted by Gasteiger charge is -2.32. The fourth-order valence-electron chi connectivity index (χ4n) is 3.43. The number of carbonyl (C=O) groups excluding carboxylic acids is 1. The van der Waals surface area contributed by atoms with Gasteiger partial charge < -0.3 is 19.9 Å². The van der Waals surface area contributed by atoms with Crippen LogP contribution in [0.1, 0.15) is 48.5 Å². The molecular formula is C24H33BN4O3. The number of carbonyl (C=O) groups is 1. The number of anilines is 1. The van der Waals surface area contributed by atoms with Crippen LogP contribution in [-0.2, 0) is 9.31 Å². The van der Waals surface area contributed by atoms with Crippen molar-refractivity contribution in [1.82, 2.24) is 14.7 Å². The second-order valence-electron chi connectivity index (χ2n) is 8.49. The summed E-state index contributed by atoms with van der Waals surface area (Å²) in [5, 5.41) is 5.57. The molecule has 0 bridgehead atoms. The van der Waals surface area contributed by atoms with Gasteiger partial charge in [0.05, 0.1) is 23.1 Å². The third-order valence-electron chi connectivity index (χ3n) is 5.82. The first-order chi connectivity index (χ1) is 15.2. The summed E-state index contributed by atoms with van der Waals surface area (Å²) >= 11 is 0. The highest BCUT2D eigenvalue weighted by molar-refractivity contribution is 6.62. The summed E-state index contributed by atoms with van der Waals surface area (Å²) in [5.41, 5.74) is 3.58. The van der Waals surface area contributed by atoms with E-state index in [9.17, 15) is 4.79 Å². The van der Waals surface area contributed by atoms with Crippen LogP contribution in [0.3, 0.4) is 0 Å². The van der Waals surface area contributed by atoms with Gasteiger partial charge in [-0.2, -0.15) is 0 Å². The van der Waals surface area contributed by atoms with Crippen LogP contribution >= 0.6 is 0 Å². The molecule has 8 heteroatoms. The summed E-state index contributed by atoms with van der Waals surface area (Å²) in [4.78, 5) is 16.4. The Kier molecular flexibility index (Phi) is 6.95. The molecule has 1 aromatic carbocycles. The molecule has 1 saturated heterocycles. The Morgan fingerprint density at radius 2 is 1.78 bits per heavy atom. The Morgan fingerprint density at radius 3 is 2.44 bits per heavy atom. The summed E-state index contributed by atoms with van der Waals surface area (Å²) in [6.07, 6.45) is 3.80. The molecule has 170 valence electrons. The Bertz CT molecular complexity index is 1080. The SMILES string of the molecule is CC.CCNC(=O)Nc1cccc(-c2cnc3cc(B4OC(C)(C)C(C)(C)O4)ccn23)c1. The normalized spacial score (nSPS) is 16.4. The zero-order valence-corrected chi connectivity index (χ0v) is 20.0. The van der Waals surface area contributed by atoms with Crippen LogP contribution in [0.5, 0.6) is 0 Å². The van der Waals surface area contributed by atoms with E-state index in [4.69, 9.17) is 9.31 Å². The molecule has 1 aliphatic rings. The fraction of sp³-hybridized carbons (Fsp3) is 0.417. The topological polar surface area (TPSA) is 76.9 Å². The van der Waals surface area contributed by atoms with Crippen molar-refractivity contribution in [2.45, 2.75) is 59.7 Å². The number of nitrogens with zero attached hydrogens (tertiary/aromatic N) is 2. The van der Waals surface area contributed by atoms with Crippen molar-refractivity contribution in [3.05, 3.63) is 48.8 Å². The molecule has 2 aromatic heterocycles. The first-order valence-corrected chi connectivity index (χ1v) is 11.2. The molecule has 0 saturated carbocycles. The van der Waals surface area contributed by atoms with Gasteiger partial charge in [0.15, 0.2) is 0 Å². The van der Waals surface area contributed by atoms with E-state index in [1.807, 2.05) is 102 Å². The van der Waals surface area contributed by atoms with E-state index < -0.39 is 7.12 Å². The van der Waals surface area contributed by atoms with Crippen LogP contribution in [0.4, 0.5) is 10.5 Å². The van der Waals surface area contributed by atoms with E-state index in [2.05, 4.69) is 15.6 Å². The second kappa shape index (κ2) is 9.34. The van der Waals surface area contributed by atoms with Gasteiger partial charge >= 0.3 is 13.1 Å². The molecule has 3 aromatic rings. The number of rotatable bonds is 4. The zero-order valence-electron chi connectivity index (χ0n) is 20.0. The quantitative estimate of drug-likeness (QED) is 0.592. The van der Waals surface area contributed by atoms with Gasteiger partial charge in [0.25, 0.3) is 0 Å². The Labute approximate surface area is 190 Å². The minimum Gasteiger partial charge on any atom is -0.399 e. The second-order valence-corrected chi connectivity index (χ2v) is 8.49. The average Bonchev–Trinajstić information content (AvgIpc) is 3.27. The average molecular weight is 436 g/mol. The molecule has 0 unspecified atom stereocenters. The first kappa shape index (κ1) is 23.8. The molecule has 2 amide bonds. The molecule has 0 aliphatic carbocycles. The molecule has 2 N–H and O–H groups in total. The van der Waals surface area contributed by atoms with E-state index in [1.54, 1.807) is 0 Å². The maximum absolute atomic E-state index is 11.8. The smallest absolute Gasteiger partial charge is 0.399 e. The Morgan fingerprint density at radius 1 is 1.09 bits per heavy atom. The number of urea groups is 1. The predicted octanol–water partition coefficient (Wildman–Crippen LogP) is 4.47. The van der Waals surface area contributed by atoms with E-state index in [0.29, 0.717) is 6.54 Å². The van der Waals surface area contributed by atoms with Crippen molar-refractivity contribution in [2.24, 2.45) is 0 Å². The molecule has 3 heterocycles. The number of benzene rings is 1.